The molecular formula is C25H33N5O3S2. The van der Waals surface area contributed by atoms with Gasteiger partial charge in [0, 0.05) is 53.7 Å². The van der Waals surface area contributed by atoms with Gasteiger partial charge in [-0.3, -0.25) is 19.9 Å². The van der Waals surface area contributed by atoms with Gasteiger partial charge in [-0.25, -0.2) is 9.97 Å². The molecule has 6 atom stereocenters. The molecule has 0 spiro atoms. The number of thioether (sulfide) groups is 1. The van der Waals surface area contributed by atoms with Crippen LogP contribution >= 0.6 is 23.1 Å². The van der Waals surface area contributed by atoms with E-state index in [0.29, 0.717) is 5.13 Å². The number of carbonyl (C=O) groups is 2. The van der Waals surface area contributed by atoms with E-state index in [-0.39, 0.29) is 46.6 Å². The standard InChI is InChI=1S/C25H33N5O3S2/c1-14(23(33)30-8-10-34-11-9-30)16-4-5-25(3)12-18-20(15(2)19(25)21(16)31)28-24(35-18)29-22(32)17-13-26-6-7-27-17/h6-7,13-16,19,21,31H,4-5,8-12H2,1-3H3,(H,28,29,32)/t14-,15-,16-,19+,21-,25+/m0/s1. The van der Waals surface area contributed by atoms with Crippen LogP contribution in [0, 0.1) is 23.2 Å². The highest BCUT2D eigenvalue weighted by Crippen LogP contribution is 2.57. The van der Waals surface area contributed by atoms with Crippen molar-refractivity contribution in [3.63, 3.8) is 0 Å². The first-order valence-electron chi connectivity index (χ1n) is 12.4. The van der Waals surface area contributed by atoms with Gasteiger partial charge >= 0.3 is 0 Å². The molecule has 2 fully saturated rings. The fourth-order valence-electron chi connectivity index (χ4n) is 6.43. The minimum absolute atomic E-state index is 0.0200. The van der Waals surface area contributed by atoms with Gasteiger partial charge in [0.2, 0.25) is 5.91 Å². The molecule has 3 aliphatic rings. The van der Waals surface area contributed by atoms with E-state index in [2.05, 4.69) is 29.1 Å². The topological polar surface area (TPSA) is 108 Å². The van der Waals surface area contributed by atoms with Crippen molar-refractivity contribution in [3.8, 4) is 0 Å². The number of hydrogen-bond donors (Lipinski definition) is 2. The molecule has 0 unspecified atom stereocenters. The normalized spacial score (nSPS) is 31.3. The smallest absolute Gasteiger partial charge is 0.277 e. The van der Waals surface area contributed by atoms with Gasteiger partial charge in [0.05, 0.1) is 18.0 Å². The summed E-state index contributed by atoms with van der Waals surface area (Å²) in [7, 11) is 0. The zero-order valence-electron chi connectivity index (χ0n) is 20.4. The van der Waals surface area contributed by atoms with Crippen LogP contribution in [-0.4, -0.2) is 67.5 Å². The lowest BCUT2D eigenvalue weighted by Gasteiger charge is -2.53. The summed E-state index contributed by atoms with van der Waals surface area (Å²) in [5.74, 6) is 1.66. The van der Waals surface area contributed by atoms with Gasteiger partial charge in [0.15, 0.2) is 5.13 Å². The molecule has 0 aromatic carbocycles. The molecule has 2 aromatic heterocycles. The van der Waals surface area contributed by atoms with Gasteiger partial charge in [-0.15, -0.1) is 11.3 Å². The second-order valence-electron chi connectivity index (χ2n) is 10.4. The Labute approximate surface area is 214 Å². The van der Waals surface area contributed by atoms with Crippen LogP contribution in [0.1, 0.15) is 60.6 Å². The largest absolute Gasteiger partial charge is 0.392 e. The Kier molecular flexibility index (Phi) is 6.89. The minimum atomic E-state index is -0.561. The van der Waals surface area contributed by atoms with E-state index >= 15 is 0 Å². The summed E-state index contributed by atoms with van der Waals surface area (Å²) in [5.41, 5.74) is 1.14. The number of aromatic nitrogens is 3. The van der Waals surface area contributed by atoms with Crippen LogP contribution in [0.25, 0.3) is 0 Å². The molecule has 35 heavy (non-hydrogen) atoms. The van der Waals surface area contributed by atoms with Crippen molar-refractivity contribution in [2.45, 2.75) is 52.1 Å². The van der Waals surface area contributed by atoms with Gasteiger partial charge in [0.25, 0.3) is 5.91 Å². The Balaban J connectivity index is 1.34. The van der Waals surface area contributed by atoms with Crippen LogP contribution in [0.5, 0.6) is 0 Å². The summed E-state index contributed by atoms with van der Waals surface area (Å²) < 4.78 is 0. The highest BCUT2D eigenvalue weighted by atomic mass is 32.2. The van der Waals surface area contributed by atoms with Crippen molar-refractivity contribution in [2.75, 3.05) is 29.9 Å². The highest BCUT2D eigenvalue weighted by molar-refractivity contribution is 7.99. The zero-order valence-corrected chi connectivity index (χ0v) is 22.1. The van der Waals surface area contributed by atoms with Gasteiger partial charge < -0.3 is 10.0 Å². The monoisotopic (exact) mass is 515 g/mol. The van der Waals surface area contributed by atoms with Crippen molar-refractivity contribution < 1.29 is 14.7 Å². The number of amides is 2. The van der Waals surface area contributed by atoms with Crippen LogP contribution < -0.4 is 5.32 Å². The number of nitrogens with zero attached hydrogens (tertiary/aromatic N) is 4. The van der Waals surface area contributed by atoms with Crippen molar-refractivity contribution in [3.05, 3.63) is 34.9 Å². The Morgan fingerprint density at radius 1 is 1.29 bits per heavy atom. The Morgan fingerprint density at radius 2 is 2.06 bits per heavy atom. The third-order valence-corrected chi connectivity index (χ3v) is 10.2. The number of nitrogens with one attached hydrogen (secondary N) is 1. The lowest BCUT2D eigenvalue weighted by Crippen LogP contribution is -2.54. The fourth-order valence-corrected chi connectivity index (χ4v) is 8.59. The molecule has 10 heteroatoms. The molecule has 1 aliphatic heterocycles. The van der Waals surface area contributed by atoms with Crippen molar-refractivity contribution in [1.82, 2.24) is 19.9 Å². The second-order valence-corrected chi connectivity index (χ2v) is 12.7. The first-order chi connectivity index (χ1) is 16.8. The molecule has 0 radical (unpaired) electrons. The van der Waals surface area contributed by atoms with Crippen LogP contribution in [-0.2, 0) is 11.2 Å². The molecule has 2 amide bonds. The predicted octanol–water partition coefficient (Wildman–Crippen LogP) is 3.45. The first kappa shape index (κ1) is 24.6. The number of anilines is 1. The van der Waals surface area contributed by atoms with Crippen molar-refractivity contribution in [2.24, 2.45) is 23.2 Å². The van der Waals surface area contributed by atoms with Crippen molar-refractivity contribution in [1.29, 1.82) is 0 Å². The SMILES string of the molecule is C[C@H](C(=O)N1CCSCC1)[C@@H]1CC[C@]2(C)Cc3sc(NC(=O)c4cnccn4)nc3[C@@H](C)[C@@H]2[C@H]1O. The molecule has 5 rings (SSSR count). The number of aliphatic hydroxyl groups excluding tert-OH is 1. The molecule has 2 aliphatic carbocycles. The molecule has 8 nitrogen and oxygen atoms in total. The lowest BCUT2D eigenvalue weighted by atomic mass is 9.53. The maximum Gasteiger partial charge on any atom is 0.277 e. The summed E-state index contributed by atoms with van der Waals surface area (Å²) in [4.78, 5) is 41.8. The molecular weight excluding hydrogens is 482 g/mol. The van der Waals surface area contributed by atoms with E-state index in [9.17, 15) is 14.7 Å². The average molecular weight is 516 g/mol. The third kappa shape index (κ3) is 4.60. The lowest BCUT2D eigenvalue weighted by molar-refractivity contribution is -0.144. The van der Waals surface area contributed by atoms with Crippen LogP contribution in [0.4, 0.5) is 5.13 Å². The van der Waals surface area contributed by atoms with E-state index in [0.717, 1.165) is 49.6 Å². The van der Waals surface area contributed by atoms with Crippen molar-refractivity contribution >= 4 is 40.0 Å². The van der Waals surface area contributed by atoms with Gasteiger partial charge in [-0.2, -0.15) is 11.8 Å². The first-order valence-corrected chi connectivity index (χ1v) is 14.4. The van der Waals surface area contributed by atoms with Gasteiger partial charge in [-0.05, 0) is 36.5 Å². The molecule has 2 N–H and O–H groups in total. The van der Waals surface area contributed by atoms with Crippen LogP contribution in [0.2, 0.25) is 0 Å². The summed E-state index contributed by atoms with van der Waals surface area (Å²) in [6.45, 7) is 8.01. The number of aliphatic hydroxyl groups is 1. The fraction of sp³-hybridized carbons (Fsp3) is 0.640. The molecule has 1 saturated carbocycles. The molecule has 0 bridgehead atoms. The summed E-state index contributed by atoms with van der Waals surface area (Å²) in [5, 5.41) is 15.1. The van der Waals surface area contributed by atoms with Gasteiger partial charge in [-0.1, -0.05) is 20.8 Å². The molecule has 188 valence electrons. The number of fused-ring (bicyclic) bond motifs is 2. The molecule has 3 heterocycles. The summed E-state index contributed by atoms with van der Waals surface area (Å²) in [6.07, 6.45) is 6.53. The number of thiazole rings is 1. The number of rotatable bonds is 4. The third-order valence-electron chi connectivity index (χ3n) is 8.29. The predicted molar refractivity (Wildman–Crippen MR) is 138 cm³/mol. The number of hydrogen-bond acceptors (Lipinski definition) is 8. The summed E-state index contributed by atoms with van der Waals surface area (Å²) in [6, 6.07) is 0. The van der Waals surface area contributed by atoms with Gasteiger partial charge in [0.1, 0.15) is 5.69 Å². The van der Waals surface area contributed by atoms with E-state index in [4.69, 9.17) is 4.98 Å². The van der Waals surface area contributed by atoms with E-state index in [1.807, 2.05) is 23.6 Å². The highest BCUT2D eigenvalue weighted by Gasteiger charge is 2.54. The maximum absolute atomic E-state index is 13.2. The quantitative estimate of drug-likeness (QED) is 0.642. The maximum atomic E-state index is 13.2. The van der Waals surface area contributed by atoms with E-state index in [1.165, 1.54) is 34.8 Å². The average Bonchev–Trinajstić information content (AvgIpc) is 3.26. The summed E-state index contributed by atoms with van der Waals surface area (Å²) >= 11 is 3.41. The minimum Gasteiger partial charge on any atom is -0.392 e. The Morgan fingerprint density at radius 3 is 2.77 bits per heavy atom. The Bertz CT molecular complexity index is 1090. The van der Waals surface area contributed by atoms with Crippen LogP contribution in [0.15, 0.2) is 18.6 Å². The zero-order chi connectivity index (χ0) is 24.7. The van der Waals surface area contributed by atoms with Crippen LogP contribution in [0.3, 0.4) is 0 Å². The Hall–Kier alpha value is -2.04. The van der Waals surface area contributed by atoms with E-state index < -0.39 is 6.10 Å². The number of carbonyl (C=O) groups excluding carboxylic acids is 2. The van der Waals surface area contributed by atoms with E-state index in [1.54, 1.807) is 0 Å². The second kappa shape index (κ2) is 9.78. The molecule has 1 saturated heterocycles. The molecule has 2 aromatic rings.